The van der Waals surface area contributed by atoms with Gasteiger partial charge in [0, 0.05) is 13.3 Å². The molecule has 0 saturated carbocycles. The lowest BCUT2D eigenvalue weighted by Gasteiger charge is -2.03. The average molecular weight is 371 g/mol. The van der Waals surface area contributed by atoms with Crippen LogP contribution in [0.4, 0.5) is 0 Å². The van der Waals surface area contributed by atoms with E-state index in [0.717, 1.165) is 19.8 Å². The Morgan fingerprint density at radius 3 is 1.38 bits per heavy atom. The van der Waals surface area contributed by atoms with E-state index < -0.39 is 5.97 Å². The van der Waals surface area contributed by atoms with Crippen molar-refractivity contribution in [2.45, 2.75) is 117 Å². The van der Waals surface area contributed by atoms with Gasteiger partial charge in [0.05, 0.1) is 6.26 Å². The van der Waals surface area contributed by atoms with E-state index in [0.29, 0.717) is 6.42 Å². The van der Waals surface area contributed by atoms with E-state index in [1.807, 2.05) is 0 Å². The molecule has 0 aromatic carbocycles. The first-order valence-corrected chi connectivity index (χ1v) is 10.5. The van der Waals surface area contributed by atoms with Gasteiger partial charge in [0.25, 0.3) is 5.97 Å². The van der Waals surface area contributed by atoms with Gasteiger partial charge in [-0.3, -0.25) is 9.59 Å². The molecule has 0 saturated heterocycles. The van der Waals surface area contributed by atoms with Crippen molar-refractivity contribution in [2.24, 2.45) is 0 Å². The number of aliphatic carboxylic acids is 1. The molecule has 154 valence electrons. The summed E-state index contributed by atoms with van der Waals surface area (Å²) >= 11 is 0. The van der Waals surface area contributed by atoms with Crippen molar-refractivity contribution >= 4 is 11.9 Å². The number of hydrogen-bond acceptors (Lipinski definition) is 3. The van der Waals surface area contributed by atoms with Gasteiger partial charge in [-0.05, 0) is 6.42 Å². The van der Waals surface area contributed by atoms with E-state index >= 15 is 0 Å². The molecule has 0 aromatic heterocycles. The molecule has 0 spiro atoms. The maximum Gasteiger partial charge on any atom is 0.310 e. The smallest absolute Gasteiger partial charge is 0.310 e. The summed E-state index contributed by atoms with van der Waals surface area (Å²) in [5, 5.41) is 7.42. The molecule has 0 aliphatic rings. The number of carboxylic acid groups (broad SMARTS) is 1. The third kappa shape index (κ3) is 30.5. The summed E-state index contributed by atoms with van der Waals surface area (Å²) in [7, 11) is 0. The van der Waals surface area contributed by atoms with Crippen LogP contribution < -0.4 is 0 Å². The Balaban J connectivity index is 0. The molecule has 0 aliphatic heterocycles. The second kappa shape index (κ2) is 23.7. The first-order chi connectivity index (χ1) is 12.5. The highest BCUT2D eigenvalue weighted by Gasteiger charge is 2.00. The molecule has 0 unspecified atom stereocenters. The Labute approximate surface area is 161 Å². The number of carbonyl (C=O) groups excluding carboxylic acids is 1. The molecule has 0 radical (unpaired) electrons. The number of carbonyl (C=O) groups is 2. The van der Waals surface area contributed by atoms with Gasteiger partial charge in [0.1, 0.15) is 0 Å². The van der Waals surface area contributed by atoms with Crippen LogP contribution in [0.1, 0.15) is 117 Å². The number of carboxylic acids is 1. The van der Waals surface area contributed by atoms with E-state index in [9.17, 15) is 4.79 Å². The van der Waals surface area contributed by atoms with Crippen molar-refractivity contribution in [3.05, 3.63) is 12.8 Å². The summed E-state index contributed by atoms with van der Waals surface area (Å²) in [4.78, 5) is 20.1. The third-order valence-corrected chi connectivity index (χ3v) is 4.20. The summed E-state index contributed by atoms with van der Waals surface area (Å²) in [6.45, 7) is 6.74. The lowest BCUT2D eigenvalue weighted by Crippen LogP contribution is -1.98. The topological polar surface area (TPSA) is 63.6 Å². The average Bonchev–Trinajstić information content (AvgIpc) is 2.58. The molecule has 0 rings (SSSR count). The van der Waals surface area contributed by atoms with Crippen LogP contribution >= 0.6 is 0 Å². The molecular formula is C22H42O4. The number of rotatable bonds is 17. The highest BCUT2D eigenvalue weighted by molar-refractivity contribution is 5.69. The molecule has 0 aromatic rings. The molecular weight excluding hydrogens is 328 g/mol. The molecule has 0 amide bonds. The van der Waals surface area contributed by atoms with Gasteiger partial charge in [0.15, 0.2) is 0 Å². The van der Waals surface area contributed by atoms with Gasteiger partial charge >= 0.3 is 5.97 Å². The highest BCUT2D eigenvalue weighted by atomic mass is 16.5. The predicted octanol–water partition coefficient (Wildman–Crippen LogP) is 7.03. The van der Waals surface area contributed by atoms with Crippen LogP contribution in [0.3, 0.4) is 0 Å². The van der Waals surface area contributed by atoms with Gasteiger partial charge in [-0.1, -0.05) is 103 Å². The Morgan fingerprint density at radius 2 is 1.08 bits per heavy atom. The standard InChI is InChI=1S/C20H38O2.C2H4O2/c1-3-5-6-7-8-9-10-11-12-13-14-15-16-17-18-19-20(21)22-4-2;1-2(3)4/h4H,2-3,5-19H2,1H3;1H3,(H,3,4). The summed E-state index contributed by atoms with van der Waals surface area (Å²) in [5.41, 5.74) is 0. The van der Waals surface area contributed by atoms with Crippen molar-refractivity contribution in [3.8, 4) is 0 Å². The molecule has 0 heterocycles. The third-order valence-electron chi connectivity index (χ3n) is 4.20. The Morgan fingerprint density at radius 1 is 0.769 bits per heavy atom. The van der Waals surface area contributed by atoms with E-state index in [2.05, 4.69) is 18.2 Å². The maximum absolute atomic E-state index is 11.1. The van der Waals surface area contributed by atoms with Crippen LogP contribution in [-0.2, 0) is 14.3 Å². The number of esters is 1. The van der Waals surface area contributed by atoms with Crippen molar-refractivity contribution in [1.82, 2.24) is 0 Å². The molecule has 26 heavy (non-hydrogen) atoms. The van der Waals surface area contributed by atoms with E-state index in [4.69, 9.17) is 9.90 Å². The van der Waals surface area contributed by atoms with Gasteiger partial charge in [0.2, 0.25) is 0 Å². The molecule has 0 atom stereocenters. The first kappa shape index (κ1) is 26.9. The van der Waals surface area contributed by atoms with Gasteiger partial charge < -0.3 is 9.84 Å². The van der Waals surface area contributed by atoms with Crippen LogP contribution in [0.5, 0.6) is 0 Å². The molecule has 0 fully saturated rings. The largest absolute Gasteiger partial charge is 0.481 e. The lowest BCUT2D eigenvalue weighted by molar-refractivity contribution is -0.138. The van der Waals surface area contributed by atoms with Crippen LogP contribution in [0.15, 0.2) is 12.8 Å². The number of hydrogen-bond donors (Lipinski definition) is 1. The summed E-state index contributed by atoms with van der Waals surface area (Å²) in [5.74, 6) is -0.982. The lowest BCUT2D eigenvalue weighted by atomic mass is 10.0. The normalized spacial score (nSPS) is 9.92. The zero-order valence-corrected chi connectivity index (χ0v) is 17.3. The Bertz CT molecular complexity index is 322. The van der Waals surface area contributed by atoms with Crippen LogP contribution in [0, 0.1) is 0 Å². The quantitative estimate of drug-likeness (QED) is 0.170. The zero-order chi connectivity index (χ0) is 19.9. The fourth-order valence-electron chi connectivity index (χ4n) is 2.79. The molecule has 0 aliphatic carbocycles. The van der Waals surface area contributed by atoms with Crippen LogP contribution in [0.2, 0.25) is 0 Å². The molecule has 0 bridgehead atoms. The second-order valence-electron chi connectivity index (χ2n) is 6.88. The van der Waals surface area contributed by atoms with E-state index in [1.54, 1.807) is 0 Å². The summed E-state index contributed by atoms with van der Waals surface area (Å²) in [6.07, 6.45) is 21.9. The monoisotopic (exact) mass is 370 g/mol. The van der Waals surface area contributed by atoms with Crippen molar-refractivity contribution in [2.75, 3.05) is 0 Å². The van der Waals surface area contributed by atoms with E-state index in [-0.39, 0.29) is 5.97 Å². The number of unbranched alkanes of at least 4 members (excludes halogenated alkanes) is 14. The molecule has 4 heteroatoms. The van der Waals surface area contributed by atoms with Crippen LogP contribution in [0.25, 0.3) is 0 Å². The number of ether oxygens (including phenoxy) is 1. The fraction of sp³-hybridized carbons (Fsp3) is 0.818. The molecule has 1 N–H and O–H groups in total. The zero-order valence-electron chi connectivity index (χ0n) is 17.3. The van der Waals surface area contributed by atoms with Crippen molar-refractivity contribution in [3.63, 3.8) is 0 Å². The van der Waals surface area contributed by atoms with Gasteiger partial charge in [-0.25, -0.2) is 0 Å². The summed E-state index contributed by atoms with van der Waals surface area (Å²) < 4.78 is 4.69. The fourth-order valence-corrected chi connectivity index (χ4v) is 2.79. The first-order valence-electron chi connectivity index (χ1n) is 10.5. The van der Waals surface area contributed by atoms with Crippen molar-refractivity contribution < 1.29 is 19.4 Å². The van der Waals surface area contributed by atoms with E-state index in [1.165, 1.54) is 89.7 Å². The predicted molar refractivity (Wildman–Crippen MR) is 109 cm³/mol. The maximum atomic E-state index is 11.1. The summed E-state index contributed by atoms with van der Waals surface area (Å²) in [6, 6.07) is 0. The second-order valence-corrected chi connectivity index (χ2v) is 6.88. The van der Waals surface area contributed by atoms with Gasteiger partial charge in [-0.15, -0.1) is 0 Å². The van der Waals surface area contributed by atoms with Crippen molar-refractivity contribution in [1.29, 1.82) is 0 Å². The minimum Gasteiger partial charge on any atom is -0.481 e. The van der Waals surface area contributed by atoms with Gasteiger partial charge in [-0.2, -0.15) is 0 Å². The SMILES string of the molecule is C=COC(=O)CCCCCCCCCCCCCCCCC.CC(=O)O. The Kier molecular flexibility index (Phi) is 24.5. The minimum absolute atomic E-state index is 0.148. The highest BCUT2D eigenvalue weighted by Crippen LogP contribution is 2.13. The Hall–Kier alpha value is -1.32. The minimum atomic E-state index is -0.833. The van der Waals surface area contributed by atoms with Crippen LogP contribution in [-0.4, -0.2) is 17.0 Å². The molecule has 4 nitrogen and oxygen atoms in total.